The molecule has 106 valence electrons. The third-order valence-corrected chi connectivity index (χ3v) is 4.54. The number of nitrogens with zero attached hydrogens (tertiary/aromatic N) is 3. The molecular weight excluding hydrogens is 304 g/mol. The lowest BCUT2D eigenvalue weighted by atomic mass is 10.1. The highest BCUT2D eigenvalue weighted by Gasteiger charge is 2.25. The molecule has 2 N–H and O–H groups in total. The van der Waals surface area contributed by atoms with E-state index in [-0.39, 0.29) is 0 Å². The van der Waals surface area contributed by atoms with Gasteiger partial charge in [-0.05, 0) is 41.1 Å². The van der Waals surface area contributed by atoms with Crippen molar-refractivity contribution >= 4 is 27.6 Å². The minimum atomic E-state index is 0.526. The standard InChI is InChI=1S/C14H23BrN4/c1-10(2)7-8-19(11-5-3-4-6-11)14-12(15)13(16)17-9-18-14/h9-11H,3-8H2,1-2H3,(H2,16,17,18). The van der Waals surface area contributed by atoms with Crippen molar-refractivity contribution in [1.29, 1.82) is 0 Å². The molecule has 1 aromatic rings. The first-order valence-electron chi connectivity index (χ1n) is 7.12. The van der Waals surface area contributed by atoms with E-state index < -0.39 is 0 Å². The quantitative estimate of drug-likeness (QED) is 0.897. The van der Waals surface area contributed by atoms with Crippen LogP contribution in [0.3, 0.4) is 0 Å². The van der Waals surface area contributed by atoms with Crippen molar-refractivity contribution in [3.8, 4) is 0 Å². The molecule has 1 aromatic heterocycles. The first-order valence-corrected chi connectivity index (χ1v) is 7.91. The Morgan fingerprint density at radius 1 is 1.37 bits per heavy atom. The van der Waals surface area contributed by atoms with Gasteiger partial charge in [0.25, 0.3) is 0 Å². The van der Waals surface area contributed by atoms with E-state index in [9.17, 15) is 0 Å². The molecule has 1 heterocycles. The van der Waals surface area contributed by atoms with Gasteiger partial charge in [0.15, 0.2) is 0 Å². The topological polar surface area (TPSA) is 55.0 Å². The van der Waals surface area contributed by atoms with Crippen LogP contribution in [0.2, 0.25) is 0 Å². The summed E-state index contributed by atoms with van der Waals surface area (Å²) in [6.07, 6.45) is 7.89. The Kier molecular flexibility index (Phi) is 5.02. The summed E-state index contributed by atoms with van der Waals surface area (Å²) in [6.45, 7) is 5.56. The van der Waals surface area contributed by atoms with E-state index in [1.807, 2.05) is 0 Å². The van der Waals surface area contributed by atoms with Gasteiger partial charge < -0.3 is 10.6 Å². The molecule has 0 saturated heterocycles. The van der Waals surface area contributed by atoms with Crippen LogP contribution in [0.25, 0.3) is 0 Å². The Labute approximate surface area is 123 Å². The van der Waals surface area contributed by atoms with Crippen LogP contribution in [-0.4, -0.2) is 22.6 Å². The third-order valence-electron chi connectivity index (χ3n) is 3.78. The molecule has 1 saturated carbocycles. The summed E-state index contributed by atoms with van der Waals surface area (Å²) in [4.78, 5) is 10.9. The summed E-state index contributed by atoms with van der Waals surface area (Å²) >= 11 is 3.54. The zero-order valence-corrected chi connectivity index (χ0v) is 13.4. The summed E-state index contributed by atoms with van der Waals surface area (Å²) < 4.78 is 0.839. The van der Waals surface area contributed by atoms with Gasteiger partial charge in [-0.15, -0.1) is 0 Å². The smallest absolute Gasteiger partial charge is 0.148 e. The Morgan fingerprint density at radius 3 is 2.68 bits per heavy atom. The molecule has 1 aliphatic carbocycles. The van der Waals surface area contributed by atoms with Gasteiger partial charge in [-0.25, -0.2) is 9.97 Å². The molecule has 1 aliphatic rings. The molecule has 0 atom stereocenters. The Hall–Kier alpha value is -0.840. The number of aromatic nitrogens is 2. The lowest BCUT2D eigenvalue weighted by Crippen LogP contribution is -2.35. The number of anilines is 2. The van der Waals surface area contributed by atoms with E-state index in [1.165, 1.54) is 32.1 Å². The van der Waals surface area contributed by atoms with Crippen LogP contribution in [0.15, 0.2) is 10.8 Å². The van der Waals surface area contributed by atoms with Gasteiger partial charge in [0.1, 0.15) is 22.4 Å². The molecule has 19 heavy (non-hydrogen) atoms. The molecule has 0 radical (unpaired) electrons. The van der Waals surface area contributed by atoms with Crippen molar-refractivity contribution in [2.45, 2.75) is 52.0 Å². The summed E-state index contributed by atoms with van der Waals surface area (Å²) in [5, 5.41) is 0. The van der Waals surface area contributed by atoms with Crippen molar-refractivity contribution in [3.05, 3.63) is 10.8 Å². The predicted octanol–water partition coefficient (Wildman–Crippen LogP) is 3.62. The SMILES string of the molecule is CC(C)CCN(c1ncnc(N)c1Br)C1CCCC1. The van der Waals surface area contributed by atoms with Gasteiger partial charge in [0.2, 0.25) is 0 Å². The van der Waals surface area contributed by atoms with Crippen LogP contribution in [-0.2, 0) is 0 Å². The Balaban J connectivity index is 2.22. The summed E-state index contributed by atoms with van der Waals surface area (Å²) in [5.74, 6) is 2.18. The summed E-state index contributed by atoms with van der Waals surface area (Å²) in [5.41, 5.74) is 5.89. The van der Waals surface area contributed by atoms with E-state index in [4.69, 9.17) is 5.73 Å². The number of halogens is 1. The second kappa shape index (κ2) is 6.55. The monoisotopic (exact) mass is 326 g/mol. The number of hydrogen-bond acceptors (Lipinski definition) is 4. The maximum atomic E-state index is 5.89. The first-order chi connectivity index (χ1) is 9.09. The number of hydrogen-bond donors (Lipinski definition) is 1. The number of nitrogens with two attached hydrogens (primary N) is 1. The normalized spacial score (nSPS) is 16.2. The van der Waals surface area contributed by atoms with Gasteiger partial charge in [-0.2, -0.15) is 0 Å². The third kappa shape index (κ3) is 3.59. The van der Waals surface area contributed by atoms with E-state index in [0.717, 1.165) is 16.8 Å². The second-order valence-electron chi connectivity index (χ2n) is 5.71. The Bertz CT molecular complexity index is 416. The molecule has 4 nitrogen and oxygen atoms in total. The largest absolute Gasteiger partial charge is 0.383 e. The minimum absolute atomic E-state index is 0.526. The zero-order valence-electron chi connectivity index (χ0n) is 11.8. The summed E-state index contributed by atoms with van der Waals surface area (Å²) in [7, 11) is 0. The van der Waals surface area contributed by atoms with Crippen LogP contribution < -0.4 is 10.6 Å². The van der Waals surface area contributed by atoms with Crippen molar-refractivity contribution in [2.24, 2.45) is 5.92 Å². The molecule has 5 heteroatoms. The van der Waals surface area contributed by atoms with Crippen molar-refractivity contribution in [3.63, 3.8) is 0 Å². The molecular formula is C14H23BrN4. The fourth-order valence-corrected chi connectivity index (χ4v) is 3.08. The highest BCUT2D eigenvalue weighted by atomic mass is 79.9. The highest BCUT2D eigenvalue weighted by Crippen LogP contribution is 2.33. The van der Waals surface area contributed by atoms with Crippen LogP contribution in [0, 0.1) is 5.92 Å². The lowest BCUT2D eigenvalue weighted by Gasteiger charge is -2.31. The van der Waals surface area contributed by atoms with Crippen LogP contribution in [0.1, 0.15) is 46.0 Å². The lowest BCUT2D eigenvalue weighted by molar-refractivity contribution is 0.524. The van der Waals surface area contributed by atoms with Crippen molar-refractivity contribution < 1.29 is 0 Å². The van der Waals surface area contributed by atoms with Gasteiger partial charge in [-0.1, -0.05) is 26.7 Å². The molecule has 0 bridgehead atoms. The van der Waals surface area contributed by atoms with Crippen LogP contribution in [0.4, 0.5) is 11.6 Å². The predicted molar refractivity (Wildman–Crippen MR) is 83.2 cm³/mol. The number of rotatable bonds is 5. The van der Waals surface area contributed by atoms with Gasteiger partial charge in [-0.3, -0.25) is 0 Å². The fraction of sp³-hybridized carbons (Fsp3) is 0.714. The van der Waals surface area contributed by atoms with E-state index in [0.29, 0.717) is 17.8 Å². The fourth-order valence-electron chi connectivity index (χ4n) is 2.65. The average Bonchev–Trinajstić information content (AvgIpc) is 2.88. The number of nitrogen functional groups attached to an aromatic ring is 1. The first kappa shape index (κ1) is 14.6. The van der Waals surface area contributed by atoms with Gasteiger partial charge in [0, 0.05) is 12.6 Å². The average molecular weight is 327 g/mol. The second-order valence-corrected chi connectivity index (χ2v) is 6.50. The Morgan fingerprint density at radius 2 is 2.05 bits per heavy atom. The zero-order chi connectivity index (χ0) is 13.8. The van der Waals surface area contributed by atoms with Crippen LogP contribution in [0.5, 0.6) is 0 Å². The molecule has 1 fully saturated rings. The molecule has 0 spiro atoms. The van der Waals surface area contributed by atoms with E-state index >= 15 is 0 Å². The van der Waals surface area contributed by atoms with Gasteiger partial charge >= 0.3 is 0 Å². The highest BCUT2D eigenvalue weighted by molar-refractivity contribution is 9.10. The maximum absolute atomic E-state index is 5.89. The van der Waals surface area contributed by atoms with E-state index in [1.54, 1.807) is 6.33 Å². The molecule has 0 unspecified atom stereocenters. The van der Waals surface area contributed by atoms with E-state index in [2.05, 4.69) is 44.6 Å². The molecule has 0 aromatic carbocycles. The van der Waals surface area contributed by atoms with Crippen molar-refractivity contribution in [1.82, 2.24) is 9.97 Å². The maximum Gasteiger partial charge on any atom is 0.148 e. The van der Waals surface area contributed by atoms with Crippen molar-refractivity contribution in [2.75, 3.05) is 17.2 Å². The summed E-state index contributed by atoms with van der Waals surface area (Å²) in [6, 6.07) is 0.601. The van der Waals surface area contributed by atoms with Gasteiger partial charge in [0.05, 0.1) is 0 Å². The van der Waals surface area contributed by atoms with Crippen LogP contribution >= 0.6 is 15.9 Å². The molecule has 0 amide bonds. The minimum Gasteiger partial charge on any atom is -0.383 e. The molecule has 2 rings (SSSR count). The molecule has 0 aliphatic heterocycles.